The van der Waals surface area contributed by atoms with Crippen LogP contribution in [0.4, 0.5) is 11.5 Å². The fourth-order valence-corrected chi connectivity index (χ4v) is 1.86. The average Bonchev–Trinajstić information content (AvgIpc) is 2.89. The van der Waals surface area contributed by atoms with E-state index in [0.717, 1.165) is 0 Å². The number of nitro groups is 1. The number of hydrogen-bond donors (Lipinski definition) is 3. The first kappa shape index (κ1) is 14.5. The number of nitrogens with zero attached hydrogens (tertiary/aromatic N) is 2. The van der Waals surface area contributed by atoms with E-state index in [9.17, 15) is 14.9 Å². The van der Waals surface area contributed by atoms with Crippen LogP contribution in [0.3, 0.4) is 0 Å². The number of aromatic amines is 1. The summed E-state index contributed by atoms with van der Waals surface area (Å²) in [6.45, 7) is 1.94. The lowest BCUT2D eigenvalue weighted by atomic mass is 10.00. The van der Waals surface area contributed by atoms with Crippen molar-refractivity contribution in [2.45, 2.75) is 19.4 Å². The molecular formula is C13H15N5O3. The van der Waals surface area contributed by atoms with Crippen LogP contribution in [0.1, 0.15) is 24.0 Å². The van der Waals surface area contributed by atoms with Crippen LogP contribution >= 0.6 is 0 Å². The van der Waals surface area contributed by atoms with E-state index >= 15 is 0 Å². The van der Waals surface area contributed by atoms with Gasteiger partial charge in [-0.1, -0.05) is 12.1 Å². The van der Waals surface area contributed by atoms with Crippen LogP contribution in [0, 0.1) is 10.1 Å². The molecular weight excluding hydrogens is 274 g/mol. The Morgan fingerprint density at radius 2 is 2.33 bits per heavy atom. The fourth-order valence-electron chi connectivity index (χ4n) is 1.86. The van der Waals surface area contributed by atoms with Gasteiger partial charge in [0.15, 0.2) is 0 Å². The molecule has 1 atom stereocenters. The second-order valence-corrected chi connectivity index (χ2v) is 4.60. The van der Waals surface area contributed by atoms with Crippen LogP contribution in [0.25, 0.3) is 0 Å². The zero-order valence-corrected chi connectivity index (χ0v) is 11.4. The highest BCUT2D eigenvalue weighted by Gasteiger charge is 2.18. The first-order valence-electron chi connectivity index (χ1n) is 6.29. The lowest BCUT2D eigenvalue weighted by Crippen LogP contribution is -2.27. The van der Waals surface area contributed by atoms with E-state index in [1.54, 1.807) is 19.1 Å². The van der Waals surface area contributed by atoms with Crippen molar-refractivity contribution in [2.24, 2.45) is 0 Å². The van der Waals surface area contributed by atoms with Gasteiger partial charge in [-0.3, -0.25) is 20.0 Å². The largest absolute Gasteiger partial charge is 0.384 e. The number of amides is 1. The maximum atomic E-state index is 12.1. The summed E-state index contributed by atoms with van der Waals surface area (Å²) in [6.07, 6.45) is 1.54. The summed E-state index contributed by atoms with van der Waals surface area (Å²) in [6, 6.07) is 6.03. The SMILES string of the molecule is CC(C(=O)NCc1cn[nH]c1N)c1cccc([N+](=O)[O-])c1. The molecule has 0 aliphatic rings. The number of benzene rings is 1. The Hall–Kier alpha value is -2.90. The summed E-state index contributed by atoms with van der Waals surface area (Å²) in [5.41, 5.74) is 6.86. The highest BCUT2D eigenvalue weighted by molar-refractivity contribution is 5.83. The Bertz CT molecular complexity index is 667. The van der Waals surface area contributed by atoms with Gasteiger partial charge in [0.25, 0.3) is 5.69 Å². The van der Waals surface area contributed by atoms with E-state index in [1.165, 1.54) is 18.3 Å². The van der Waals surface area contributed by atoms with Gasteiger partial charge in [0.05, 0.1) is 17.0 Å². The van der Waals surface area contributed by atoms with E-state index in [-0.39, 0.29) is 18.1 Å². The molecule has 8 nitrogen and oxygen atoms in total. The number of non-ortho nitro benzene ring substituents is 1. The molecule has 0 spiro atoms. The molecule has 110 valence electrons. The van der Waals surface area contributed by atoms with E-state index in [0.29, 0.717) is 16.9 Å². The van der Waals surface area contributed by atoms with Crippen LogP contribution in [-0.2, 0) is 11.3 Å². The lowest BCUT2D eigenvalue weighted by Gasteiger charge is -2.12. The minimum atomic E-state index is -0.502. The highest BCUT2D eigenvalue weighted by Crippen LogP contribution is 2.21. The summed E-state index contributed by atoms with van der Waals surface area (Å²) in [7, 11) is 0. The minimum Gasteiger partial charge on any atom is -0.384 e. The average molecular weight is 289 g/mol. The second kappa shape index (κ2) is 6.04. The van der Waals surface area contributed by atoms with Gasteiger partial charge in [0, 0.05) is 24.2 Å². The Morgan fingerprint density at radius 3 is 2.95 bits per heavy atom. The monoisotopic (exact) mass is 289 g/mol. The third-order valence-electron chi connectivity index (χ3n) is 3.18. The molecule has 0 fully saturated rings. The standard InChI is InChI=1S/C13H15N5O3/c1-8(9-3-2-4-11(5-9)18(20)21)13(19)15-6-10-7-16-17-12(10)14/h2-5,7-8H,6H2,1H3,(H,15,19)(H3,14,16,17). The molecule has 0 saturated carbocycles. The molecule has 1 aromatic heterocycles. The molecule has 2 aromatic rings. The van der Waals surface area contributed by atoms with Crippen LogP contribution in [0.2, 0.25) is 0 Å². The topological polar surface area (TPSA) is 127 Å². The van der Waals surface area contributed by atoms with Gasteiger partial charge in [-0.05, 0) is 12.5 Å². The maximum Gasteiger partial charge on any atom is 0.269 e. The molecule has 0 saturated heterocycles. The number of carbonyl (C=O) groups is 1. The van der Waals surface area contributed by atoms with Crippen molar-refractivity contribution < 1.29 is 9.72 Å². The number of rotatable bonds is 5. The number of nitrogens with two attached hydrogens (primary N) is 1. The summed E-state index contributed by atoms with van der Waals surface area (Å²) in [5, 5.41) is 19.8. The zero-order valence-electron chi connectivity index (χ0n) is 11.4. The molecule has 1 heterocycles. The van der Waals surface area contributed by atoms with Crippen molar-refractivity contribution in [3.63, 3.8) is 0 Å². The molecule has 1 amide bonds. The third-order valence-corrected chi connectivity index (χ3v) is 3.18. The number of nitro benzene ring substituents is 1. The predicted molar refractivity (Wildman–Crippen MR) is 76.4 cm³/mol. The number of hydrogen-bond acceptors (Lipinski definition) is 5. The van der Waals surface area contributed by atoms with Crippen molar-refractivity contribution in [3.05, 3.63) is 51.7 Å². The summed E-state index contributed by atoms with van der Waals surface area (Å²) in [5.74, 6) is -0.340. The predicted octanol–water partition coefficient (Wildman–Crippen LogP) is 1.32. The van der Waals surface area contributed by atoms with Gasteiger partial charge in [-0.15, -0.1) is 0 Å². The number of H-pyrrole nitrogens is 1. The first-order chi connectivity index (χ1) is 9.99. The van der Waals surface area contributed by atoms with E-state index in [2.05, 4.69) is 15.5 Å². The quantitative estimate of drug-likeness (QED) is 0.565. The number of nitrogen functional groups attached to an aromatic ring is 1. The van der Waals surface area contributed by atoms with Crippen molar-refractivity contribution in [1.29, 1.82) is 0 Å². The van der Waals surface area contributed by atoms with Crippen molar-refractivity contribution >= 4 is 17.4 Å². The van der Waals surface area contributed by atoms with Gasteiger partial charge in [0.1, 0.15) is 5.82 Å². The van der Waals surface area contributed by atoms with E-state index in [1.807, 2.05) is 0 Å². The highest BCUT2D eigenvalue weighted by atomic mass is 16.6. The Kier molecular flexibility index (Phi) is 4.17. The van der Waals surface area contributed by atoms with Crippen molar-refractivity contribution in [3.8, 4) is 0 Å². The fraction of sp³-hybridized carbons (Fsp3) is 0.231. The molecule has 0 bridgehead atoms. The van der Waals surface area contributed by atoms with Gasteiger partial charge >= 0.3 is 0 Å². The first-order valence-corrected chi connectivity index (χ1v) is 6.29. The Balaban J connectivity index is 2.03. The molecule has 8 heteroatoms. The van der Waals surface area contributed by atoms with E-state index in [4.69, 9.17) is 5.73 Å². The summed E-state index contributed by atoms with van der Waals surface area (Å²) >= 11 is 0. The second-order valence-electron chi connectivity index (χ2n) is 4.60. The molecule has 0 aliphatic heterocycles. The zero-order chi connectivity index (χ0) is 15.4. The van der Waals surface area contributed by atoms with Gasteiger partial charge < -0.3 is 11.1 Å². The summed E-state index contributed by atoms with van der Waals surface area (Å²) in [4.78, 5) is 22.3. The molecule has 1 unspecified atom stereocenters. The van der Waals surface area contributed by atoms with Crippen LogP contribution in [0.5, 0.6) is 0 Å². The normalized spacial score (nSPS) is 11.9. The van der Waals surface area contributed by atoms with Gasteiger partial charge in [-0.25, -0.2) is 0 Å². The molecule has 4 N–H and O–H groups in total. The molecule has 0 aliphatic carbocycles. The van der Waals surface area contributed by atoms with E-state index < -0.39 is 10.8 Å². The molecule has 0 radical (unpaired) electrons. The number of aromatic nitrogens is 2. The molecule has 2 rings (SSSR count). The van der Waals surface area contributed by atoms with Gasteiger partial charge in [-0.2, -0.15) is 5.10 Å². The molecule has 1 aromatic carbocycles. The number of anilines is 1. The third kappa shape index (κ3) is 3.35. The Labute approximate surface area is 120 Å². The van der Waals surface area contributed by atoms with Crippen LogP contribution < -0.4 is 11.1 Å². The van der Waals surface area contributed by atoms with Crippen molar-refractivity contribution in [1.82, 2.24) is 15.5 Å². The smallest absolute Gasteiger partial charge is 0.269 e. The lowest BCUT2D eigenvalue weighted by molar-refractivity contribution is -0.384. The maximum absolute atomic E-state index is 12.1. The Morgan fingerprint density at radius 1 is 1.57 bits per heavy atom. The molecule has 21 heavy (non-hydrogen) atoms. The number of carbonyl (C=O) groups excluding carboxylic acids is 1. The van der Waals surface area contributed by atoms with Crippen molar-refractivity contribution in [2.75, 3.05) is 5.73 Å². The van der Waals surface area contributed by atoms with Gasteiger partial charge in [0.2, 0.25) is 5.91 Å². The van der Waals surface area contributed by atoms with Crippen LogP contribution in [-0.4, -0.2) is 21.0 Å². The number of nitrogens with one attached hydrogen (secondary N) is 2. The van der Waals surface area contributed by atoms with Crippen LogP contribution in [0.15, 0.2) is 30.5 Å². The minimum absolute atomic E-state index is 0.0359. The summed E-state index contributed by atoms with van der Waals surface area (Å²) < 4.78 is 0.